The van der Waals surface area contributed by atoms with E-state index in [1.54, 1.807) is 13.3 Å². The van der Waals surface area contributed by atoms with E-state index >= 15 is 0 Å². The van der Waals surface area contributed by atoms with Gasteiger partial charge < -0.3 is 15.0 Å². The summed E-state index contributed by atoms with van der Waals surface area (Å²) in [6, 6.07) is 2.49. The Labute approximate surface area is 134 Å². The first kappa shape index (κ1) is 15.2. The van der Waals surface area contributed by atoms with E-state index in [1.807, 2.05) is 6.20 Å². The summed E-state index contributed by atoms with van der Waals surface area (Å²) in [6.45, 7) is 0. The molecule has 23 heavy (non-hydrogen) atoms. The van der Waals surface area contributed by atoms with E-state index in [2.05, 4.69) is 20.6 Å². The second kappa shape index (κ2) is 6.21. The number of hydrogen-bond donors (Lipinski definition) is 2. The summed E-state index contributed by atoms with van der Waals surface area (Å²) < 4.78 is 2.07. The molecular formula is C17H19N5O. The summed E-state index contributed by atoms with van der Waals surface area (Å²) in [5.41, 5.74) is 1.68. The Balaban J connectivity index is 2.35. The van der Waals surface area contributed by atoms with E-state index in [0.717, 1.165) is 31.2 Å². The highest BCUT2D eigenvalue weighted by atomic mass is 16.1. The average Bonchev–Trinajstić information content (AvgIpc) is 3.21. The van der Waals surface area contributed by atoms with Gasteiger partial charge in [-0.15, -0.1) is 0 Å². The van der Waals surface area contributed by atoms with Crippen LogP contribution in [0.15, 0.2) is 22.2 Å². The molecule has 1 unspecified atom stereocenters. The molecule has 1 aliphatic rings. The number of rotatable bonds is 4. The largest absolute Gasteiger partial charge is 0.343 e. The fraction of sp³-hybridized carbons (Fsp3) is 0.412. The van der Waals surface area contributed by atoms with Gasteiger partial charge in [0, 0.05) is 37.9 Å². The molecule has 2 heterocycles. The predicted octanol–water partition coefficient (Wildman–Crippen LogP) is 2.75. The lowest BCUT2D eigenvalue weighted by atomic mass is 10.0. The number of aliphatic imine (C=N–C) groups is 1. The van der Waals surface area contributed by atoms with Crippen LogP contribution in [-0.2, 0) is 0 Å². The average molecular weight is 309 g/mol. The first-order valence-corrected chi connectivity index (χ1v) is 7.80. The van der Waals surface area contributed by atoms with Crippen LogP contribution in [0, 0.1) is 16.7 Å². The van der Waals surface area contributed by atoms with Gasteiger partial charge in [0.15, 0.2) is 0 Å². The van der Waals surface area contributed by atoms with Crippen LogP contribution in [0.5, 0.6) is 0 Å². The van der Waals surface area contributed by atoms with Gasteiger partial charge in [-0.1, -0.05) is 12.8 Å². The molecule has 1 aliphatic carbocycles. The third kappa shape index (κ3) is 2.48. The van der Waals surface area contributed by atoms with Gasteiger partial charge in [-0.25, -0.2) is 0 Å². The van der Waals surface area contributed by atoms with Crippen molar-refractivity contribution in [2.45, 2.75) is 37.6 Å². The topological polar surface area (TPSA) is 97.8 Å². The van der Waals surface area contributed by atoms with Crippen molar-refractivity contribution >= 4 is 23.3 Å². The smallest absolute Gasteiger partial charge is 0.257 e. The summed E-state index contributed by atoms with van der Waals surface area (Å²) in [6.07, 6.45) is 10.8. The number of fused-ring (bicyclic) bond motifs is 1. The third-order valence-electron chi connectivity index (χ3n) is 4.58. The van der Waals surface area contributed by atoms with Crippen LogP contribution in [0.3, 0.4) is 0 Å². The van der Waals surface area contributed by atoms with Crippen molar-refractivity contribution in [3.63, 3.8) is 0 Å². The number of pyridine rings is 1. The van der Waals surface area contributed by atoms with Gasteiger partial charge in [-0.2, -0.15) is 5.26 Å². The summed E-state index contributed by atoms with van der Waals surface area (Å²) in [5, 5.41) is 17.6. The highest BCUT2D eigenvalue weighted by Gasteiger charge is 2.25. The van der Waals surface area contributed by atoms with Crippen LogP contribution < -0.4 is 5.56 Å². The van der Waals surface area contributed by atoms with Gasteiger partial charge in [-0.05, 0) is 18.4 Å². The van der Waals surface area contributed by atoms with Gasteiger partial charge in [0.25, 0.3) is 5.56 Å². The van der Waals surface area contributed by atoms with Gasteiger partial charge in [-0.3, -0.25) is 9.79 Å². The Hall–Kier alpha value is -2.68. The van der Waals surface area contributed by atoms with E-state index in [9.17, 15) is 10.1 Å². The van der Waals surface area contributed by atoms with Crippen molar-refractivity contribution in [3.05, 3.63) is 33.9 Å². The molecule has 2 N–H and O–H groups in total. The summed E-state index contributed by atoms with van der Waals surface area (Å²) in [5.74, 6) is -0.361. The molecule has 2 aromatic rings. The predicted molar refractivity (Wildman–Crippen MR) is 90.7 cm³/mol. The highest BCUT2D eigenvalue weighted by molar-refractivity contribution is 5.97. The van der Waals surface area contributed by atoms with Crippen molar-refractivity contribution < 1.29 is 0 Å². The van der Waals surface area contributed by atoms with Gasteiger partial charge in [0.2, 0.25) is 0 Å². The van der Waals surface area contributed by atoms with Crippen molar-refractivity contribution in [1.82, 2.24) is 9.55 Å². The second-order valence-electron chi connectivity index (χ2n) is 5.90. The highest BCUT2D eigenvalue weighted by Crippen LogP contribution is 2.35. The van der Waals surface area contributed by atoms with Crippen molar-refractivity contribution in [1.29, 1.82) is 10.7 Å². The monoisotopic (exact) mass is 309 g/mol. The van der Waals surface area contributed by atoms with Gasteiger partial charge in [0.05, 0.1) is 22.4 Å². The maximum absolute atomic E-state index is 12.4. The number of H-pyrrole nitrogens is 1. The first-order chi connectivity index (χ1) is 11.2. The fourth-order valence-electron chi connectivity index (χ4n) is 3.52. The molecule has 2 aromatic heterocycles. The molecular weight excluding hydrogens is 290 g/mol. The van der Waals surface area contributed by atoms with Crippen LogP contribution >= 0.6 is 0 Å². The van der Waals surface area contributed by atoms with E-state index < -0.39 is 0 Å². The van der Waals surface area contributed by atoms with E-state index in [0.29, 0.717) is 22.5 Å². The van der Waals surface area contributed by atoms with Crippen LogP contribution in [-0.4, -0.2) is 29.0 Å². The third-order valence-corrected chi connectivity index (χ3v) is 4.58. The Morgan fingerprint density at radius 1 is 1.52 bits per heavy atom. The zero-order chi connectivity index (χ0) is 16.4. The van der Waals surface area contributed by atoms with Crippen molar-refractivity contribution in [2.24, 2.45) is 4.99 Å². The molecule has 118 valence electrons. The first-order valence-electron chi connectivity index (χ1n) is 7.80. The standard InChI is InChI=1S/C17H19N5O/c1-20-8-11(6-18)14-10-22(13-4-2-3-5-13)16-12(7-19)9-21-17(23)15(14)16/h6,8-11,13,18H,2-5H2,1H3,(H,21,23). The quantitative estimate of drug-likeness (QED) is 0.849. The SMILES string of the molecule is CN=CC(C=N)c1cn(C2CCCC2)c2c(C#N)c[nH]c(=O)c12. The Morgan fingerprint density at radius 2 is 2.26 bits per heavy atom. The number of aromatic amines is 1. The number of hydrogen-bond acceptors (Lipinski definition) is 4. The number of nitriles is 1. The molecule has 0 radical (unpaired) electrons. The minimum Gasteiger partial charge on any atom is -0.343 e. The maximum Gasteiger partial charge on any atom is 0.257 e. The number of nitrogens with one attached hydrogen (secondary N) is 2. The summed E-state index contributed by atoms with van der Waals surface area (Å²) in [7, 11) is 1.65. The number of nitrogens with zero attached hydrogens (tertiary/aromatic N) is 3. The van der Waals surface area contributed by atoms with Gasteiger partial charge in [0.1, 0.15) is 6.07 Å². The molecule has 0 saturated heterocycles. The molecule has 3 rings (SSSR count). The Kier molecular flexibility index (Phi) is 4.11. The fourth-order valence-corrected chi connectivity index (χ4v) is 3.52. The van der Waals surface area contributed by atoms with Crippen LogP contribution in [0.25, 0.3) is 10.9 Å². The van der Waals surface area contributed by atoms with Crippen molar-refractivity contribution in [2.75, 3.05) is 7.05 Å². The Bertz CT molecular complexity index is 861. The zero-order valence-corrected chi connectivity index (χ0v) is 13.0. The minimum atomic E-state index is -0.361. The Morgan fingerprint density at radius 3 is 2.87 bits per heavy atom. The van der Waals surface area contributed by atoms with Crippen LogP contribution in [0.1, 0.15) is 48.8 Å². The van der Waals surface area contributed by atoms with Crippen LogP contribution in [0.2, 0.25) is 0 Å². The molecule has 1 saturated carbocycles. The molecule has 1 fully saturated rings. The molecule has 0 amide bonds. The molecule has 0 aliphatic heterocycles. The lowest BCUT2D eigenvalue weighted by Crippen LogP contribution is -2.11. The second-order valence-corrected chi connectivity index (χ2v) is 5.90. The van der Waals surface area contributed by atoms with E-state index in [1.165, 1.54) is 12.4 Å². The zero-order valence-electron chi connectivity index (χ0n) is 13.0. The summed E-state index contributed by atoms with van der Waals surface area (Å²) >= 11 is 0. The van der Waals surface area contributed by atoms with Crippen molar-refractivity contribution in [3.8, 4) is 6.07 Å². The molecule has 6 heteroatoms. The normalized spacial score (nSPS) is 16.9. The van der Waals surface area contributed by atoms with Gasteiger partial charge >= 0.3 is 0 Å². The lowest BCUT2D eigenvalue weighted by Gasteiger charge is -2.13. The van der Waals surface area contributed by atoms with Crippen LogP contribution in [0.4, 0.5) is 0 Å². The maximum atomic E-state index is 12.4. The van der Waals surface area contributed by atoms with E-state index in [-0.39, 0.29) is 11.5 Å². The molecule has 0 aromatic carbocycles. The summed E-state index contributed by atoms with van der Waals surface area (Å²) in [4.78, 5) is 19.1. The molecule has 0 spiro atoms. The number of aromatic nitrogens is 2. The lowest BCUT2D eigenvalue weighted by molar-refractivity contribution is 0.534. The van der Waals surface area contributed by atoms with E-state index in [4.69, 9.17) is 5.41 Å². The molecule has 0 bridgehead atoms. The minimum absolute atomic E-state index is 0.220. The molecule has 6 nitrogen and oxygen atoms in total. The molecule has 1 atom stereocenters.